The molecule has 162 valence electrons. The van der Waals surface area contributed by atoms with Crippen LogP contribution in [0, 0.1) is 11.3 Å². The van der Waals surface area contributed by atoms with Crippen LogP contribution >= 0.6 is 0 Å². The van der Waals surface area contributed by atoms with Gasteiger partial charge < -0.3 is 14.7 Å². The second kappa shape index (κ2) is 9.63. The molecule has 1 fully saturated rings. The molecule has 1 saturated heterocycles. The average molecular weight is 420 g/mol. The summed E-state index contributed by atoms with van der Waals surface area (Å²) in [4.78, 5) is 33.0. The third-order valence-electron chi connectivity index (χ3n) is 5.59. The van der Waals surface area contributed by atoms with Gasteiger partial charge in [0.15, 0.2) is 0 Å². The van der Waals surface area contributed by atoms with E-state index in [9.17, 15) is 14.9 Å². The first kappa shape index (κ1) is 22.3. The summed E-state index contributed by atoms with van der Waals surface area (Å²) >= 11 is 0. The number of nitrogens with zero attached hydrogens (tertiary/aromatic N) is 5. The van der Waals surface area contributed by atoms with Gasteiger partial charge in [0.25, 0.3) is 5.91 Å². The molecule has 2 amide bonds. The van der Waals surface area contributed by atoms with E-state index in [1.54, 1.807) is 45.2 Å². The molecule has 2 aromatic carbocycles. The van der Waals surface area contributed by atoms with Gasteiger partial charge in [-0.3, -0.25) is 14.5 Å². The number of anilines is 1. The van der Waals surface area contributed by atoms with E-state index in [0.717, 1.165) is 37.4 Å². The predicted molar refractivity (Wildman–Crippen MR) is 121 cm³/mol. The van der Waals surface area contributed by atoms with Crippen molar-refractivity contribution >= 4 is 17.5 Å². The summed E-state index contributed by atoms with van der Waals surface area (Å²) in [6, 6.07) is 17.1. The van der Waals surface area contributed by atoms with Crippen LogP contribution in [0.3, 0.4) is 0 Å². The van der Waals surface area contributed by atoms with E-state index in [-0.39, 0.29) is 17.9 Å². The molecule has 1 aliphatic rings. The second-order valence-corrected chi connectivity index (χ2v) is 8.11. The number of carbonyl (C=O) groups excluding carboxylic acids is 2. The molecule has 1 unspecified atom stereocenters. The van der Waals surface area contributed by atoms with Crippen molar-refractivity contribution in [3.8, 4) is 6.07 Å². The van der Waals surface area contributed by atoms with Crippen LogP contribution in [0.15, 0.2) is 48.5 Å². The van der Waals surface area contributed by atoms with Gasteiger partial charge in [-0.05, 0) is 23.8 Å². The molecule has 1 aliphatic heterocycles. The van der Waals surface area contributed by atoms with Gasteiger partial charge in [-0.25, -0.2) is 0 Å². The van der Waals surface area contributed by atoms with E-state index in [0.29, 0.717) is 11.1 Å². The van der Waals surface area contributed by atoms with E-state index >= 15 is 0 Å². The maximum Gasteiger partial charge on any atom is 0.254 e. The highest BCUT2D eigenvalue weighted by Gasteiger charge is 2.31. The smallest absolute Gasteiger partial charge is 0.254 e. The average Bonchev–Trinajstić information content (AvgIpc) is 2.79. The molecule has 0 aliphatic carbocycles. The van der Waals surface area contributed by atoms with Gasteiger partial charge in [0.05, 0.1) is 17.2 Å². The Morgan fingerprint density at radius 2 is 1.58 bits per heavy atom. The number of hydrogen-bond donors (Lipinski definition) is 0. The van der Waals surface area contributed by atoms with Crippen LogP contribution in [-0.2, 0) is 4.79 Å². The third-order valence-corrected chi connectivity index (χ3v) is 5.59. The summed E-state index contributed by atoms with van der Waals surface area (Å²) in [6.07, 6.45) is 0. The van der Waals surface area contributed by atoms with Gasteiger partial charge in [-0.1, -0.05) is 30.3 Å². The molecule has 1 heterocycles. The lowest BCUT2D eigenvalue weighted by atomic mass is 10.0. The predicted octanol–water partition coefficient (Wildman–Crippen LogP) is 2.21. The van der Waals surface area contributed by atoms with Crippen LogP contribution in [0.2, 0.25) is 0 Å². The number of benzene rings is 2. The Kier molecular flexibility index (Phi) is 6.93. The molecule has 2 aromatic rings. The number of likely N-dealkylation sites (N-methyl/N-ethyl adjacent to an activating group) is 1. The zero-order valence-corrected chi connectivity index (χ0v) is 18.6. The Morgan fingerprint density at radius 3 is 2.13 bits per heavy atom. The van der Waals surface area contributed by atoms with E-state index in [1.165, 1.54) is 4.90 Å². The highest BCUT2D eigenvalue weighted by molar-refractivity contribution is 5.97. The minimum atomic E-state index is -0.315. The number of piperazine rings is 1. The first-order valence-electron chi connectivity index (χ1n) is 10.3. The van der Waals surface area contributed by atoms with Crippen LogP contribution in [0.5, 0.6) is 0 Å². The summed E-state index contributed by atoms with van der Waals surface area (Å²) in [5, 5.41) is 9.37. The van der Waals surface area contributed by atoms with Gasteiger partial charge in [-0.2, -0.15) is 5.26 Å². The lowest BCUT2D eigenvalue weighted by Gasteiger charge is -2.40. The first-order chi connectivity index (χ1) is 14.8. The number of amides is 2. The highest BCUT2D eigenvalue weighted by atomic mass is 16.2. The standard InChI is InChI=1S/C24H29N5O2/c1-26(2)23(30)21-16-20(11-10-19(21)17-25)28-12-14-29(15-13-28)22(24(31)27(3)4)18-8-6-5-7-9-18/h5-11,16,22H,12-15H2,1-4H3. The maximum absolute atomic E-state index is 12.9. The van der Waals surface area contributed by atoms with Crippen LogP contribution in [0.4, 0.5) is 5.69 Å². The quantitative estimate of drug-likeness (QED) is 0.743. The van der Waals surface area contributed by atoms with Crippen molar-refractivity contribution in [1.82, 2.24) is 14.7 Å². The maximum atomic E-state index is 12.9. The van der Waals surface area contributed by atoms with Gasteiger partial charge in [-0.15, -0.1) is 0 Å². The van der Waals surface area contributed by atoms with Crippen LogP contribution in [-0.4, -0.2) is 80.9 Å². The van der Waals surface area contributed by atoms with Crippen molar-refractivity contribution in [1.29, 1.82) is 5.26 Å². The monoisotopic (exact) mass is 419 g/mol. The summed E-state index contributed by atoms with van der Waals surface area (Å²) in [5.41, 5.74) is 2.70. The third kappa shape index (κ3) is 4.86. The molecule has 3 rings (SSSR count). The summed E-state index contributed by atoms with van der Waals surface area (Å²) in [5.74, 6) is -0.116. The van der Waals surface area contributed by atoms with Gasteiger partial charge in [0.2, 0.25) is 5.91 Å². The zero-order chi connectivity index (χ0) is 22.5. The van der Waals surface area contributed by atoms with Crippen molar-refractivity contribution in [3.05, 3.63) is 65.2 Å². The molecule has 7 nitrogen and oxygen atoms in total. The molecule has 0 saturated carbocycles. The van der Waals surface area contributed by atoms with Crippen molar-refractivity contribution in [3.63, 3.8) is 0 Å². The van der Waals surface area contributed by atoms with Crippen LogP contribution in [0.25, 0.3) is 0 Å². The van der Waals surface area contributed by atoms with E-state index in [1.807, 2.05) is 36.4 Å². The Balaban J connectivity index is 1.80. The fraction of sp³-hybridized carbons (Fsp3) is 0.375. The Hall–Kier alpha value is -3.37. The van der Waals surface area contributed by atoms with Crippen molar-refractivity contribution in [2.45, 2.75) is 6.04 Å². The van der Waals surface area contributed by atoms with Gasteiger partial charge in [0, 0.05) is 60.1 Å². The number of rotatable bonds is 5. The first-order valence-corrected chi connectivity index (χ1v) is 10.3. The number of nitriles is 1. The molecule has 31 heavy (non-hydrogen) atoms. The molecule has 0 aromatic heterocycles. The Bertz CT molecular complexity index is 973. The van der Waals surface area contributed by atoms with E-state index in [4.69, 9.17) is 0 Å². The lowest BCUT2D eigenvalue weighted by Crippen LogP contribution is -2.51. The number of hydrogen-bond acceptors (Lipinski definition) is 5. The van der Waals surface area contributed by atoms with E-state index < -0.39 is 0 Å². The molecule has 0 spiro atoms. The lowest BCUT2D eigenvalue weighted by molar-refractivity contribution is -0.134. The molecule has 1 atom stereocenters. The van der Waals surface area contributed by atoms with Crippen molar-refractivity contribution < 1.29 is 9.59 Å². The fourth-order valence-corrected chi connectivity index (χ4v) is 3.87. The minimum absolute atomic E-state index is 0.0666. The molecule has 7 heteroatoms. The minimum Gasteiger partial charge on any atom is -0.369 e. The second-order valence-electron chi connectivity index (χ2n) is 8.11. The molecule has 0 N–H and O–H groups in total. The molecular formula is C24H29N5O2. The van der Waals surface area contributed by atoms with Crippen molar-refractivity contribution in [2.24, 2.45) is 0 Å². The van der Waals surface area contributed by atoms with Crippen LogP contribution in [0.1, 0.15) is 27.5 Å². The Morgan fingerprint density at radius 1 is 0.935 bits per heavy atom. The highest BCUT2D eigenvalue weighted by Crippen LogP contribution is 2.27. The van der Waals surface area contributed by atoms with E-state index in [2.05, 4.69) is 15.9 Å². The molecular weight excluding hydrogens is 390 g/mol. The summed E-state index contributed by atoms with van der Waals surface area (Å²) in [6.45, 7) is 2.89. The number of carbonyl (C=O) groups is 2. The molecule has 0 bridgehead atoms. The zero-order valence-electron chi connectivity index (χ0n) is 18.6. The fourth-order valence-electron chi connectivity index (χ4n) is 3.87. The topological polar surface area (TPSA) is 70.9 Å². The largest absolute Gasteiger partial charge is 0.369 e. The summed E-state index contributed by atoms with van der Waals surface area (Å²) < 4.78 is 0. The Labute approximate surface area is 184 Å². The normalized spacial score (nSPS) is 15.1. The van der Waals surface area contributed by atoms with Gasteiger partial charge >= 0.3 is 0 Å². The summed E-state index contributed by atoms with van der Waals surface area (Å²) in [7, 11) is 6.93. The van der Waals surface area contributed by atoms with Gasteiger partial charge in [0.1, 0.15) is 6.04 Å². The van der Waals surface area contributed by atoms with Crippen LogP contribution < -0.4 is 4.90 Å². The molecule has 0 radical (unpaired) electrons. The SMILES string of the molecule is CN(C)C(=O)c1cc(N2CCN(C(C(=O)N(C)C)c3ccccc3)CC2)ccc1C#N. The van der Waals surface area contributed by atoms with Crippen molar-refractivity contribution in [2.75, 3.05) is 59.3 Å².